The van der Waals surface area contributed by atoms with Crippen molar-refractivity contribution in [2.75, 3.05) is 17.8 Å². The lowest BCUT2D eigenvalue weighted by atomic mass is 10.2. The van der Waals surface area contributed by atoms with Gasteiger partial charge in [-0.2, -0.15) is 0 Å². The molecule has 1 heterocycles. The highest BCUT2D eigenvalue weighted by Gasteiger charge is 2.21. The van der Waals surface area contributed by atoms with Crippen molar-refractivity contribution in [2.45, 2.75) is 24.8 Å². The molecular weight excluding hydrogens is 456 g/mol. The van der Waals surface area contributed by atoms with E-state index in [-0.39, 0.29) is 24.9 Å². The van der Waals surface area contributed by atoms with E-state index in [1.165, 1.54) is 34.9 Å². The van der Waals surface area contributed by atoms with Gasteiger partial charge >= 0.3 is 5.97 Å². The first-order valence-electron chi connectivity index (χ1n) is 9.40. The molecule has 0 aliphatic rings. The van der Waals surface area contributed by atoms with Crippen LogP contribution in [0, 0.1) is 0 Å². The first-order valence-corrected chi connectivity index (χ1v) is 11.6. The largest absolute Gasteiger partial charge is 0.495 e. The van der Waals surface area contributed by atoms with Crippen molar-refractivity contribution in [1.82, 2.24) is 4.98 Å². The summed E-state index contributed by atoms with van der Waals surface area (Å²) in [6.07, 6.45) is 0.258. The van der Waals surface area contributed by atoms with E-state index in [2.05, 4.69) is 4.98 Å². The van der Waals surface area contributed by atoms with Crippen molar-refractivity contribution >= 4 is 57.4 Å². The first kappa shape index (κ1) is 23.1. The van der Waals surface area contributed by atoms with Gasteiger partial charge < -0.3 is 9.47 Å². The fraction of sp³-hybridized carbons (Fsp3) is 0.227. The smallest absolute Gasteiger partial charge is 0.307 e. The molecule has 6 nitrogen and oxygen atoms in total. The average molecular weight is 477 g/mol. The van der Waals surface area contributed by atoms with Crippen molar-refractivity contribution in [2.24, 2.45) is 0 Å². The number of aromatic nitrogens is 1. The first-order chi connectivity index (χ1) is 15.0. The number of amides is 1. The normalized spacial score (nSPS) is 10.5. The number of anilines is 2. The zero-order valence-electron chi connectivity index (χ0n) is 17.0. The molecule has 1 aromatic heterocycles. The summed E-state index contributed by atoms with van der Waals surface area (Å²) in [6.45, 7) is 1.51. The third kappa shape index (κ3) is 6.22. The van der Waals surface area contributed by atoms with Crippen LogP contribution in [0.2, 0.25) is 5.02 Å². The monoisotopic (exact) mass is 476 g/mol. The van der Waals surface area contributed by atoms with Gasteiger partial charge in [-0.1, -0.05) is 35.9 Å². The van der Waals surface area contributed by atoms with Crippen LogP contribution in [0.5, 0.6) is 5.75 Å². The van der Waals surface area contributed by atoms with E-state index in [0.29, 0.717) is 33.0 Å². The minimum absolute atomic E-state index is 0.0454. The number of esters is 1. The summed E-state index contributed by atoms with van der Waals surface area (Å²) < 4.78 is 10.7. The maximum atomic E-state index is 12.3. The van der Waals surface area contributed by atoms with Crippen LogP contribution in [-0.4, -0.2) is 29.7 Å². The zero-order chi connectivity index (χ0) is 22.2. The Morgan fingerprint density at radius 2 is 1.90 bits per heavy atom. The SMILES string of the molecule is COc1ccccc1N(C(C)=O)c1nc(COC(=O)CCSc2ccccc2Cl)cs1. The molecule has 3 aromatic rings. The number of benzene rings is 2. The third-order valence-electron chi connectivity index (χ3n) is 4.15. The molecule has 0 aliphatic heterocycles. The van der Waals surface area contributed by atoms with E-state index in [1.54, 1.807) is 24.6 Å². The number of thioether (sulfide) groups is 1. The van der Waals surface area contributed by atoms with Crippen LogP contribution in [-0.2, 0) is 20.9 Å². The summed E-state index contributed by atoms with van der Waals surface area (Å²) in [6, 6.07) is 14.7. The van der Waals surface area contributed by atoms with Crippen LogP contribution in [0.4, 0.5) is 10.8 Å². The van der Waals surface area contributed by atoms with Crippen LogP contribution in [0.15, 0.2) is 58.8 Å². The van der Waals surface area contributed by atoms with Crippen molar-refractivity contribution in [1.29, 1.82) is 0 Å². The molecule has 1 amide bonds. The summed E-state index contributed by atoms with van der Waals surface area (Å²) in [5, 5.41) is 2.92. The lowest BCUT2D eigenvalue weighted by molar-refractivity contribution is -0.144. The van der Waals surface area contributed by atoms with E-state index < -0.39 is 0 Å². The topological polar surface area (TPSA) is 68.7 Å². The Kier molecular flexibility index (Phi) is 8.34. The molecule has 0 atom stereocenters. The van der Waals surface area contributed by atoms with E-state index in [4.69, 9.17) is 21.1 Å². The number of nitrogens with zero attached hydrogens (tertiary/aromatic N) is 2. The van der Waals surface area contributed by atoms with E-state index >= 15 is 0 Å². The van der Waals surface area contributed by atoms with Gasteiger partial charge in [-0.3, -0.25) is 14.5 Å². The zero-order valence-corrected chi connectivity index (χ0v) is 19.4. The molecule has 3 rings (SSSR count). The van der Waals surface area contributed by atoms with Gasteiger partial charge in [0.25, 0.3) is 0 Å². The second-order valence-corrected chi connectivity index (χ2v) is 8.72. The lowest BCUT2D eigenvalue weighted by Gasteiger charge is -2.20. The summed E-state index contributed by atoms with van der Waals surface area (Å²) in [5.41, 5.74) is 1.18. The van der Waals surface area contributed by atoms with E-state index in [1.807, 2.05) is 36.4 Å². The van der Waals surface area contributed by atoms with Crippen molar-refractivity contribution in [3.05, 3.63) is 64.6 Å². The molecule has 0 saturated carbocycles. The second kappa shape index (κ2) is 11.2. The highest BCUT2D eigenvalue weighted by molar-refractivity contribution is 7.99. The number of rotatable bonds is 9. The molecule has 0 fully saturated rings. The van der Waals surface area contributed by atoms with Crippen molar-refractivity contribution in [3.8, 4) is 5.75 Å². The van der Waals surface area contributed by atoms with E-state index in [9.17, 15) is 9.59 Å². The number of ether oxygens (including phenoxy) is 2. The van der Waals surface area contributed by atoms with Crippen LogP contribution in [0.3, 0.4) is 0 Å². The minimum atomic E-state index is -0.317. The quantitative estimate of drug-likeness (QED) is 0.291. The highest BCUT2D eigenvalue weighted by Crippen LogP contribution is 2.35. The van der Waals surface area contributed by atoms with Crippen molar-refractivity contribution in [3.63, 3.8) is 0 Å². The molecule has 31 heavy (non-hydrogen) atoms. The molecule has 9 heteroatoms. The van der Waals surface area contributed by atoms with Gasteiger partial charge in [0.05, 0.1) is 29.9 Å². The molecule has 0 radical (unpaired) electrons. The molecule has 0 aliphatic carbocycles. The standard InChI is InChI=1S/C22H21ClN2O4S2/c1-15(26)25(18-8-4-5-9-19(18)28-2)22-24-16(14-31-22)13-29-21(27)11-12-30-20-10-6-3-7-17(20)23/h3-10,14H,11-13H2,1-2H3. The lowest BCUT2D eigenvalue weighted by Crippen LogP contribution is -2.23. The van der Waals surface area contributed by atoms with Gasteiger partial charge in [0.1, 0.15) is 12.4 Å². The molecular formula is C22H21ClN2O4S2. The summed E-state index contributed by atoms with van der Waals surface area (Å²) in [5.74, 6) is 0.620. The van der Waals surface area contributed by atoms with Gasteiger partial charge in [-0.25, -0.2) is 4.98 Å². The summed E-state index contributed by atoms with van der Waals surface area (Å²) in [7, 11) is 1.55. The Balaban J connectivity index is 1.57. The second-order valence-electron chi connectivity index (χ2n) is 6.34. The molecule has 2 aromatic carbocycles. The Bertz CT molecular complexity index is 1060. The number of hydrogen-bond acceptors (Lipinski definition) is 7. The minimum Gasteiger partial charge on any atom is -0.495 e. The maximum absolute atomic E-state index is 12.3. The Hall–Kier alpha value is -2.55. The highest BCUT2D eigenvalue weighted by atomic mass is 35.5. The number of halogens is 1. The van der Waals surface area contributed by atoms with Crippen LogP contribution in [0.25, 0.3) is 0 Å². The maximum Gasteiger partial charge on any atom is 0.307 e. The number of carbonyl (C=O) groups is 2. The summed E-state index contributed by atoms with van der Waals surface area (Å²) >= 11 is 8.92. The molecule has 0 spiro atoms. The van der Waals surface area contributed by atoms with Gasteiger partial charge in [-0.15, -0.1) is 23.1 Å². The van der Waals surface area contributed by atoms with Crippen molar-refractivity contribution < 1.29 is 19.1 Å². The van der Waals surface area contributed by atoms with Crippen LogP contribution in [0.1, 0.15) is 19.0 Å². The fourth-order valence-corrected chi connectivity index (χ4v) is 4.75. The van der Waals surface area contributed by atoms with Gasteiger partial charge in [0, 0.05) is 23.0 Å². The Morgan fingerprint density at radius 1 is 1.16 bits per heavy atom. The number of carbonyl (C=O) groups excluding carboxylic acids is 2. The third-order valence-corrected chi connectivity index (χ3v) is 6.54. The fourth-order valence-electron chi connectivity index (χ4n) is 2.72. The number of methoxy groups -OCH3 is 1. The average Bonchev–Trinajstić information content (AvgIpc) is 3.22. The molecule has 0 N–H and O–H groups in total. The molecule has 0 bridgehead atoms. The predicted molar refractivity (Wildman–Crippen MR) is 125 cm³/mol. The Morgan fingerprint density at radius 3 is 2.65 bits per heavy atom. The Labute approximate surface area is 194 Å². The van der Waals surface area contributed by atoms with Crippen LogP contribution < -0.4 is 9.64 Å². The predicted octanol–water partition coefficient (Wildman–Crippen LogP) is 5.72. The van der Waals surface area contributed by atoms with Crippen LogP contribution >= 0.6 is 34.7 Å². The van der Waals surface area contributed by atoms with E-state index in [0.717, 1.165) is 4.90 Å². The molecule has 0 saturated heterocycles. The summed E-state index contributed by atoms with van der Waals surface area (Å²) in [4.78, 5) is 31.2. The number of thiazole rings is 1. The number of hydrogen-bond donors (Lipinski definition) is 0. The van der Waals surface area contributed by atoms with Gasteiger partial charge in [-0.05, 0) is 24.3 Å². The molecule has 162 valence electrons. The van der Waals surface area contributed by atoms with Gasteiger partial charge in [0.2, 0.25) is 5.91 Å². The van der Waals surface area contributed by atoms with Gasteiger partial charge in [0.15, 0.2) is 5.13 Å². The number of para-hydroxylation sites is 2. The molecule has 0 unspecified atom stereocenters.